The van der Waals surface area contributed by atoms with Crippen molar-refractivity contribution in [1.29, 1.82) is 0 Å². The van der Waals surface area contributed by atoms with Crippen LogP contribution < -0.4 is 5.56 Å². The summed E-state index contributed by atoms with van der Waals surface area (Å²) in [6.45, 7) is 0.526. The second-order valence-electron chi connectivity index (χ2n) is 5.49. The molecule has 0 saturated heterocycles. The molecule has 0 radical (unpaired) electrons. The van der Waals surface area contributed by atoms with Gasteiger partial charge in [0.1, 0.15) is 5.82 Å². The summed E-state index contributed by atoms with van der Waals surface area (Å²) in [5, 5.41) is 0.555. The molecule has 5 nitrogen and oxygen atoms in total. The molecule has 124 valence electrons. The van der Waals surface area contributed by atoms with Gasteiger partial charge in [-0.25, -0.2) is 4.98 Å². The molecular weight excluding hydrogens is 346 g/mol. The third-order valence-electron chi connectivity index (χ3n) is 3.69. The van der Waals surface area contributed by atoms with Gasteiger partial charge in [0.05, 0.1) is 21.8 Å². The lowest BCUT2D eigenvalue weighted by molar-refractivity contribution is -0.130. The van der Waals surface area contributed by atoms with E-state index in [1.54, 1.807) is 30.1 Å². The van der Waals surface area contributed by atoms with E-state index in [0.29, 0.717) is 34.0 Å². The molecule has 1 aromatic carbocycles. The zero-order valence-electron chi connectivity index (χ0n) is 13.1. The molecule has 0 aliphatic rings. The molecule has 0 aliphatic heterocycles. The Morgan fingerprint density at radius 1 is 1.29 bits per heavy atom. The fraction of sp³-hybridized carbons (Fsp3) is 0.235. The maximum atomic E-state index is 12.3. The van der Waals surface area contributed by atoms with Crippen molar-refractivity contribution in [3.63, 3.8) is 0 Å². The highest BCUT2D eigenvalue weighted by Gasteiger charge is 2.12. The van der Waals surface area contributed by atoms with E-state index in [1.165, 1.54) is 11.3 Å². The van der Waals surface area contributed by atoms with E-state index < -0.39 is 0 Å². The number of aromatic nitrogens is 2. The van der Waals surface area contributed by atoms with Gasteiger partial charge in [-0.3, -0.25) is 9.59 Å². The predicted molar refractivity (Wildman–Crippen MR) is 96.5 cm³/mol. The Balaban J connectivity index is 1.64. The van der Waals surface area contributed by atoms with Gasteiger partial charge in [-0.15, -0.1) is 11.3 Å². The SMILES string of the molecule is CN(Cc1ccc(Cl)s1)C(=O)CCc1nc2ccccc2c(=O)[nH]1. The first-order chi connectivity index (χ1) is 11.5. The van der Waals surface area contributed by atoms with Gasteiger partial charge in [-0.2, -0.15) is 0 Å². The minimum absolute atomic E-state index is 0.00432. The Morgan fingerprint density at radius 2 is 2.08 bits per heavy atom. The van der Waals surface area contributed by atoms with Gasteiger partial charge in [0, 0.05) is 24.8 Å². The number of rotatable bonds is 5. The maximum absolute atomic E-state index is 12.3. The number of amides is 1. The molecule has 1 N–H and O–H groups in total. The Bertz CT molecular complexity index is 935. The van der Waals surface area contributed by atoms with E-state index in [4.69, 9.17) is 11.6 Å². The van der Waals surface area contributed by atoms with E-state index in [-0.39, 0.29) is 17.9 Å². The van der Waals surface area contributed by atoms with E-state index in [1.807, 2.05) is 18.2 Å². The molecule has 1 amide bonds. The minimum Gasteiger partial charge on any atom is -0.341 e. The lowest BCUT2D eigenvalue weighted by Gasteiger charge is -2.16. The summed E-state index contributed by atoms with van der Waals surface area (Å²) in [4.78, 5) is 34.1. The van der Waals surface area contributed by atoms with Gasteiger partial charge in [-0.05, 0) is 24.3 Å². The second-order valence-corrected chi connectivity index (χ2v) is 7.29. The third kappa shape index (κ3) is 3.83. The number of nitrogens with zero attached hydrogens (tertiary/aromatic N) is 2. The number of aromatic amines is 1. The van der Waals surface area contributed by atoms with Crippen molar-refractivity contribution in [2.45, 2.75) is 19.4 Å². The monoisotopic (exact) mass is 361 g/mol. The van der Waals surface area contributed by atoms with Crippen molar-refractivity contribution in [3.05, 3.63) is 61.8 Å². The van der Waals surface area contributed by atoms with Crippen molar-refractivity contribution in [2.24, 2.45) is 0 Å². The first-order valence-electron chi connectivity index (χ1n) is 7.49. The number of halogens is 1. The molecular formula is C17H16ClN3O2S. The highest BCUT2D eigenvalue weighted by Crippen LogP contribution is 2.22. The Labute approximate surface area is 147 Å². The predicted octanol–water partition coefficient (Wildman–Crippen LogP) is 3.23. The van der Waals surface area contributed by atoms with Crippen LogP contribution in [0.1, 0.15) is 17.1 Å². The Hall–Kier alpha value is -2.18. The molecule has 0 atom stereocenters. The van der Waals surface area contributed by atoms with Crippen LogP contribution in [-0.2, 0) is 17.8 Å². The molecule has 0 unspecified atom stereocenters. The van der Waals surface area contributed by atoms with Crippen LogP contribution in [0.5, 0.6) is 0 Å². The van der Waals surface area contributed by atoms with Crippen LogP contribution in [0.4, 0.5) is 0 Å². The van der Waals surface area contributed by atoms with E-state index in [9.17, 15) is 9.59 Å². The van der Waals surface area contributed by atoms with Gasteiger partial charge < -0.3 is 9.88 Å². The summed E-state index contributed by atoms with van der Waals surface area (Å²) in [7, 11) is 1.76. The molecule has 0 spiro atoms. The Kier molecular flexibility index (Phi) is 4.97. The fourth-order valence-electron chi connectivity index (χ4n) is 2.43. The number of para-hydroxylation sites is 1. The van der Waals surface area contributed by atoms with Crippen LogP contribution in [0.3, 0.4) is 0 Å². The molecule has 24 heavy (non-hydrogen) atoms. The van der Waals surface area contributed by atoms with Crippen molar-refractivity contribution < 1.29 is 4.79 Å². The van der Waals surface area contributed by atoms with Crippen molar-refractivity contribution in [1.82, 2.24) is 14.9 Å². The number of fused-ring (bicyclic) bond motifs is 1. The van der Waals surface area contributed by atoms with Gasteiger partial charge in [0.25, 0.3) is 5.56 Å². The highest BCUT2D eigenvalue weighted by atomic mass is 35.5. The maximum Gasteiger partial charge on any atom is 0.258 e. The van der Waals surface area contributed by atoms with Gasteiger partial charge in [0.2, 0.25) is 5.91 Å². The summed E-state index contributed by atoms with van der Waals surface area (Å²) in [6.07, 6.45) is 0.686. The van der Waals surface area contributed by atoms with E-state index in [2.05, 4.69) is 9.97 Å². The average Bonchev–Trinajstić information content (AvgIpc) is 2.97. The highest BCUT2D eigenvalue weighted by molar-refractivity contribution is 7.16. The van der Waals surface area contributed by atoms with E-state index in [0.717, 1.165) is 4.88 Å². The summed E-state index contributed by atoms with van der Waals surface area (Å²) in [5.41, 5.74) is 0.468. The van der Waals surface area contributed by atoms with Crippen LogP contribution in [0, 0.1) is 0 Å². The smallest absolute Gasteiger partial charge is 0.258 e. The minimum atomic E-state index is -0.176. The number of nitrogens with one attached hydrogen (secondary N) is 1. The number of carbonyl (C=O) groups excluding carboxylic acids is 1. The number of hydrogen-bond donors (Lipinski definition) is 1. The number of benzene rings is 1. The number of carbonyl (C=O) groups is 1. The summed E-state index contributed by atoms with van der Waals surface area (Å²) >= 11 is 7.36. The molecule has 3 rings (SSSR count). The zero-order valence-corrected chi connectivity index (χ0v) is 14.7. The quantitative estimate of drug-likeness (QED) is 0.758. The van der Waals surface area contributed by atoms with Gasteiger partial charge in [-0.1, -0.05) is 23.7 Å². The van der Waals surface area contributed by atoms with E-state index >= 15 is 0 Å². The van der Waals surface area contributed by atoms with Gasteiger partial charge in [0.15, 0.2) is 0 Å². The fourth-order valence-corrected chi connectivity index (χ4v) is 3.57. The van der Waals surface area contributed by atoms with Crippen LogP contribution in [0.25, 0.3) is 10.9 Å². The molecule has 0 aliphatic carbocycles. The van der Waals surface area contributed by atoms with Crippen LogP contribution in [0.2, 0.25) is 4.34 Å². The van der Waals surface area contributed by atoms with Crippen LogP contribution >= 0.6 is 22.9 Å². The number of aryl methyl sites for hydroxylation is 1. The van der Waals surface area contributed by atoms with Crippen molar-refractivity contribution in [3.8, 4) is 0 Å². The second kappa shape index (κ2) is 7.15. The van der Waals surface area contributed by atoms with Crippen molar-refractivity contribution in [2.75, 3.05) is 7.05 Å². The molecule has 7 heteroatoms. The first kappa shape index (κ1) is 16.7. The summed E-state index contributed by atoms with van der Waals surface area (Å²) in [6, 6.07) is 10.9. The summed E-state index contributed by atoms with van der Waals surface area (Å²) < 4.78 is 0.712. The molecule has 0 fully saturated rings. The van der Waals surface area contributed by atoms with Crippen LogP contribution in [-0.4, -0.2) is 27.8 Å². The molecule has 0 saturated carbocycles. The summed E-state index contributed by atoms with van der Waals surface area (Å²) in [5.74, 6) is 0.523. The number of thiophene rings is 1. The number of H-pyrrole nitrogens is 1. The van der Waals surface area contributed by atoms with Crippen LogP contribution in [0.15, 0.2) is 41.2 Å². The third-order valence-corrected chi connectivity index (χ3v) is 4.90. The standard InChI is InChI=1S/C17H16ClN3O2S/c1-21(10-11-6-7-14(18)24-11)16(22)9-8-15-19-13-5-3-2-4-12(13)17(23)20-15/h2-7H,8-10H2,1H3,(H,19,20,23). The Morgan fingerprint density at radius 3 is 2.83 bits per heavy atom. The normalized spacial score (nSPS) is 10.9. The molecule has 2 heterocycles. The molecule has 3 aromatic rings. The molecule has 2 aromatic heterocycles. The number of hydrogen-bond acceptors (Lipinski definition) is 4. The first-order valence-corrected chi connectivity index (χ1v) is 8.68. The van der Waals surface area contributed by atoms with Gasteiger partial charge >= 0.3 is 0 Å². The lowest BCUT2D eigenvalue weighted by Crippen LogP contribution is -2.26. The topological polar surface area (TPSA) is 66.1 Å². The lowest BCUT2D eigenvalue weighted by atomic mass is 10.2. The largest absolute Gasteiger partial charge is 0.341 e. The van der Waals surface area contributed by atoms with Crippen molar-refractivity contribution >= 4 is 39.7 Å². The zero-order chi connectivity index (χ0) is 17.1. The molecule has 0 bridgehead atoms. The average molecular weight is 362 g/mol.